The van der Waals surface area contributed by atoms with Crippen LogP contribution in [0.5, 0.6) is 0 Å². The Morgan fingerprint density at radius 1 is 1.26 bits per heavy atom. The van der Waals surface area contributed by atoms with Crippen molar-refractivity contribution in [2.75, 3.05) is 25.4 Å². The minimum absolute atomic E-state index is 0. The summed E-state index contributed by atoms with van der Waals surface area (Å²) in [5.41, 5.74) is -0.916. The Morgan fingerprint density at radius 2 is 1.95 bits per heavy atom. The van der Waals surface area contributed by atoms with E-state index < -0.39 is 15.6 Å². The second kappa shape index (κ2) is 7.22. The summed E-state index contributed by atoms with van der Waals surface area (Å²) >= 11 is 0. The zero-order valence-corrected chi connectivity index (χ0v) is 12.9. The Bertz CT molecular complexity index is 363. The van der Waals surface area contributed by atoms with Crippen molar-refractivity contribution >= 4 is 22.4 Å². The van der Waals surface area contributed by atoms with Crippen LogP contribution in [-0.4, -0.2) is 44.5 Å². The zero-order valence-electron chi connectivity index (χ0n) is 11.2. The number of halogens is 1. The molecule has 0 amide bonds. The second-order valence-electron chi connectivity index (χ2n) is 5.76. The van der Waals surface area contributed by atoms with Gasteiger partial charge in [-0.1, -0.05) is 12.8 Å². The first kappa shape index (κ1) is 17.2. The highest BCUT2D eigenvalue weighted by atomic mass is 35.5. The lowest BCUT2D eigenvalue weighted by Gasteiger charge is -2.32. The van der Waals surface area contributed by atoms with Gasteiger partial charge in [-0.2, -0.15) is 0 Å². The van der Waals surface area contributed by atoms with Gasteiger partial charge >= 0.3 is 0 Å². The third-order valence-corrected chi connectivity index (χ3v) is 5.50. The van der Waals surface area contributed by atoms with Crippen LogP contribution >= 0.6 is 12.4 Å². The van der Waals surface area contributed by atoms with E-state index in [1.807, 2.05) is 0 Å². The van der Waals surface area contributed by atoms with E-state index >= 15 is 0 Å². The van der Waals surface area contributed by atoms with E-state index in [0.717, 1.165) is 38.6 Å². The van der Waals surface area contributed by atoms with E-state index in [-0.39, 0.29) is 24.7 Å². The van der Waals surface area contributed by atoms with Crippen molar-refractivity contribution in [3.05, 3.63) is 0 Å². The summed E-state index contributed by atoms with van der Waals surface area (Å²) in [4.78, 5) is 0. The predicted molar refractivity (Wildman–Crippen MR) is 78.0 cm³/mol. The second-order valence-corrected chi connectivity index (χ2v) is 7.61. The SMILES string of the molecule is Cl.O=S(=O)(CC1CCCC1)NCC1(O)CCCNC1. The minimum Gasteiger partial charge on any atom is -0.387 e. The summed E-state index contributed by atoms with van der Waals surface area (Å²) < 4.78 is 26.4. The normalized spacial score (nSPS) is 29.1. The third kappa shape index (κ3) is 5.55. The van der Waals surface area contributed by atoms with Crippen LogP contribution in [0.15, 0.2) is 0 Å². The fraction of sp³-hybridized carbons (Fsp3) is 1.00. The van der Waals surface area contributed by atoms with Gasteiger partial charge in [0.1, 0.15) is 0 Å². The molecule has 1 unspecified atom stereocenters. The standard InChI is InChI=1S/C12H24N2O3S.ClH/c15-12(6-3-7-13-9-12)10-14-18(16,17)8-11-4-1-2-5-11;/h11,13-15H,1-10H2;1H. The summed E-state index contributed by atoms with van der Waals surface area (Å²) in [5, 5.41) is 13.3. The maximum Gasteiger partial charge on any atom is 0.211 e. The van der Waals surface area contributed by atoms with Crippen molar-refractivity contribution in [1.82, 2.24) is 10.0 Å². The van der Waals surface area contributed by atoms with Crippen molar-refractivity contribution in [3.8, 4) is 0 Å². The largest absolute Gasteiger partial charge is 0.387 e. The summed E-state index contributed by atoms with van der Waals surface area (Å²) in [6.45, 7) is 1.51. The molecule has 0 aromatic carbocycles. The Hall–Kier alpha value is 0.120. The smallest absolute Gasteiger partial charge is 0.211 e. The molecular formula is C12H25ClN2O3S. The minimum atomic E-state index is -3.24. The Labute approximate surface area is 122 Å². The number of aliphatic hydroxyl groups is 1. The van der Waals surface area contributed by atoms with E-state index in [4.69, 9.17) is 0 Å². The molecule has 19 heavy (non-hydrogen) atoms. The predicted octanol–water partition coefficient (Wildman–Crippen LogP) is 0.632. The average molecular weight is 313 g/mol. The van der Waals surface area contributed by atoms with Gasteiger partial charge < -0.3 is 10.4 Å². The number of nitrogens with one attached hydrogen (secondary N) is 2. The van der Waals surface area contributed by atoms with Gasteiger partial charge in [0.05, 0.1) is 11.4 Å². The van der Waals surface area contributed by atoms with E-state index in [2.05, 4.69) is 10.0 Å². The molecule has 1 saturated carbocycles. The molecule has 1 heterocycles. The lowest BCUT2D eigenvalue weighted by molar-refractivity contribution is 0.0218. The molecular weight excluding hydrogens is 288 g/mol. The molecule has 5 nitrogen and oxygen atoms in total. The lowest BCUT2D eigenvalue weighted by Crippen LogP contribution is -2.53. The number of rotatable bonds is 5. The molecule has 0 aromatic heterocycles. The quantitative estimate of drug-likeness (QED) is 0.696. The molecule has 3 N–H and O–H groups in total. The van der Waals surface area contributed by atoms with Crippen LogP contribution in [-0.2, 0) is 10.0 Å². The van der Waals surface area contributed by atoms with Crippen molar-refractivity contribution in [3.63, 3.8) is 0 Å². The van der Waals surface area contributed by atoms with Crippen molar-refractivity contribution < 1.29 is 13.5 Å². The molecule has 1 atom stereocenters. The third-order valence-electron chi connectivity index (χ3n) is 4.00. The average Bonchev–Trinajstić information content (AvgIpc) is 2.80. The molecule has 114 valence electrons. The Balaban J connectivity index is 0.00000180. The highest BCUT2D eigenvalue weighted by Gasteiger charge is 2.31. The van der Waals surface area contributed by atoms with Crippen LogP contribution in [0.4, 0.5) is 0 Å². The number of hydrogen-bond acceptors (Lipinski definition) is 4. The van der Waals surface area contributed by atoms with Crippen molar-refractivity contribution in [2.24, 2.45) is 5.92 Å². The molecule has 2 rings (SSSR count). The van der Waals surface area contributed by atoms with Gasteiger partial charge in [0, 0.05) is 13.1 Å². The highest BCUT2D eigenvalue weighted by molar-refractivity contribution is 7.89. The van der Waals surface area contributed by atoms with E-state index in [9.17, 15) is 13.5 Å². The maximum absolute atomic E-state index is 11.9. The molecule has 2 fully saturated rings. The first-order valence-electron chi connectivity index (χ1n) is 6.90. The molecule has 1 saturated heterocycles. The van der Waals surface area contributed by atoms with Crippen LogP contribution in [0.3, 0.4) is 0 Å². The van der Waals surface area contributed by atoms with E-state index in [0.29, 0.717) is 18.9 Å². The van der Waals surface area contributed by atoms with Gasteiger partial charge in [-0.05, 0) is 38.1 Å². The highest BCUT2D eigenvalue weighted by Crippen LogP contribution is 2.25. The fourth-order valence-corrected chi connectivity index (χ4v) is 4.45. The zero-order chi connectivity index (χ0) is 13.1. The molecule has 0 bridgehead atoms. The van der Waals surface area contributed by atoms with Crippen molar-refractivity contribution in [1.29, 1.82) is 0 Å². The number of hydrogen-bond donors (Lipinski definition) is 3. The monoisotopic (exact) mass is 312 g/mol. The lowest BCUT2D eigenvalue weighted by atomic mass is 9.95. The van der Waals surface area contributed by atoms with Crippen LogP contribution in [0.25, 0.3) is 0 Å². The molecule has 1 aliphatic carbocycles. The Morgan fingerprint density at radius 3 is 2.53 bits per heavy atom. The first-order valence-corrected chi connectivity index (χ1v) is 8.55. The molecule has 0 aromatic rings. The molecule has 0 spiro atoms. The number of β-amino-alcohol motifs (C(OH)–C–C–N with tert-alkyl or cyclic N) is 1. The van der Waals surface area contributed by atoms with Crippen LogP contribution in [0.1, 0.15) is 38.5 Å². The van der Waals surface area contributed by atoms with Crippen LogP contribution in [0.2, 0.25) is 0 Å². The molecule has 0 radical (unpaired) electrons. The van der Waals surface area contributed by atoms with Gasteiger partial charge in [0.25, 0.3) is 0 Å². The first-order chi connectivity index (χ1) is 8.49. The fourth-order valence-electron chi connectivity index (χ4n) is 2.89. The Kier molecular flexibility index (Phi) is 6.53. The van der Waals surface area contributed by atoms with Crippen LogP contribution < -0.4 is 10.0 Å². The van der Waals surface area contributed by atoms with Gasteiger partial charge in [-0.25, -0.2) is 13.1 Å². The molecule has 1 aliphatic heterocycles. The maximum atomic E-state index is 11.9. The van der Waals surface area contributed by atoms with Gasteiger partial charge in [-0.3, -0.25) is 0 Å². The van der Waals surface area contributed by atoms with Gasteiger partial charge in [0.15, 0.2) is 0 Å². The number of sulfonamides is 1. The van der Waals surface area contributed by atoms with E-state index in [1.54, 1.807) is 0 Å². The number of piperidine rings is 1. The van der Waals surface area contributed by atoms with Gasteiger partial charge in [0.2, 0.25) is 10.0 Å². The topological polar surface area (TPSA) is 78.4 Å². The van der Waals surface area contributed by atoms with E-state index in [1.165, 1.54) is 0 Å². The summed E-state index contributed by atoms with van der Waals surface area (Å²) in [7, 11) is -3.24. The summed E-state index contributed by atoms with van der Waals surface area (Å²) in [6.07, 6.45) is 5.88. The molecule has 2 aliphatic rings. The summed E-state index contributed by atoms with van der Waals surface area (Å²) in [5.74, 6) is 0.526. The molecule has 7 heteroatoms. The van der Waals surface area contributed by atoms with Crippen molar-refractivity contribution in [2.45, 2.75) is 44.1 Å². The summed E-state index contributed by atoms with van der Waals surface area (Å²) in [6, 6.07) is 0. The van der Waals surface area contributed by atoms with Gasteiger partial charge in [-0.15, -0.1) is 12.4 Å². The van der Waals surface area contributed by atoms with Crippen LogP contribution in [0, 0.1) is 5.92 Å².